The summed E-state index contributed by atoms with van der Waals surface area (Å²) >= 11 is 0. The number of para-hydroxylation sites is 1. The fourth-order valence-electron chi connectivity index (χ4n) is 1.66. The van der Waals surface area contributed by atoms with Gasteiger partial charge < -0.3 is 4.42 Å². The second kappa shape index (κ2) is 4.30. The van der Waals surface area contributed by atoms with Crippen LogP contribution in [0, 0.1) is 0 Å². The van der Waals surface area contributed by atoms with Gasteiger partial charge in [-0.2, -0.15) is 0 Å². The van der Waals surface area contributed by atoms with Crippen molar-refractivity contribution in [2.45, 2.75) is 26.2 Å². The lowest BCUT2D eigenvalue weighted by atomic mass is 10.1. The zero-order valence-electron chi connectivity index (χ0n) is 8.82. The first-order valence-corrected chi connectivity index (χ1v) is 5.32. The van der Waals surface area contributed by atoms with Gasteiger partial charge in [-0.25, -0.2) is 0 Å². The minimum Gasteiger partial charge on any atom is -0.464 e. The molecular weight excluding hydrogens is 188 g/mol. The first kappa shape index (κ1) is 9.97. The third-order valence-electron chi connectivity index (χ3n) is 2.55. The molecule has 0 aliphatic heterocycles. The molecule has 2 nitrogen and oxygen atoms in total. The number of aryl methyl sites for hydroxylation is 1. The fraction of sp³-hybridized carbons (Fsp3) is 0.308. The summed E-state index contributed by atoms with van der Waals surface area (Å²) < 4.78 is 5.42. The van der Waals surface area contributed by atoms with Crippen LogP contribution in [0.15, 0.2) is 39.7 Å². The smallest absolute Gasteiger partial charge is 0.195 e. The van der Waals surface area contributed by atoms with Gasteiger partial charge in [0.25, 0.3) is 0 Å². The first-order chi connectivity index (χ1) is 7.33. The second-order valence-corrected chi connectivity index (χ2v) is 3.69. The molecular formula is C13H14O2. The van der Waals surface area contributed by atoms with Gasteiger partial charge in [-0.1, -0.05) is 25.5 Å². The lowest BCUT2D eigenvalue weighted by Crippen LogP contribution is -2.08. The van der Waals surface area contributed by atoms with Crippen molar-refractivity contribution in [1.82, 2.24) is 0 Å². The summed E-state index contributed by atoms with van der Waals surface area (Å²) in [4.78, 5) is 12.0. The molecule has 0 unspecified atom stereocenters. The number of unbranched alkanes of at least 4 members (excludes halogenated alkanes) is 1. The SMILES string of the molecule is CCCCc1coc2ccccc2c1=O. The number of hydrogen-bond donors (Lipinski definition) is 0. The van der Waals surface area contributed by atoms with Crippen LogP contribution >= 0.6 is 0 Å². The van der Waals surface area contributed by atoms with Crippen molar-refractivity contribution in [2.75, 3.05) is 0 Å². The average Bonchev–Trinajstić information content (AvgIpc) is 2.29. The van der Waals surface area contributed by atoms with E-state index < -0.39 is 0 Å². The molecule has 0 fully saturated rings. The van der Waals surface area contributed by atoms with Gasteiger partial charge in [-0.05, 0) is 25.0 Å². The molecule has 78 valence electrons. The summed E-state index contributed by atoms with van der Waals surface area (Å²) in [5.41, 5.74) is 1.57. The lowest BCUT2D eigenvalue weighted by molar-refractivity contribution is 0.589. The summed E-state index contributed by atoms with van der Waals surface area (Å²) in [5.74, 6) is 0. The Balaban J connectivity index is 2.51. The van der Waals surface area contributed by atoms with Crippen LogP contribution in [0.3, 0.4) is 0 Å². The van der Waals surface area contributed by atoms with Crippen molar-refractivity contribution in [1.29, 1.82) is 0 Å². The summed E-state index contributed by atoms with van der Waals surface area (Å²) in [5, 5.41) is 0.686. The third-order valence-corrected chi connectivity index (χ3v) is 2.55. The van der Waals surface area contributed by atoms with E-state index in [0.717, 1.165) is 24.8 Å². The molecule has 0 spiro atoms. The molecule has 1 aromatic heterocycles. The zero-order chi connectivity index (χ0) is 10.7. The molecule has 0 saturated carbocycles. The monoisotopic (exact) mass is 202 g/mol. The second-order valence-electron chi connectivity index (χ2n) is 3.69. The minimum atomic E-state index is 0.116. The van der Waals surface area contributed by atoms with Gasteiger partial charge in [-0.3, -0.25) is 4.79 Å². The fourth-order valence-corrected chi connectivity index (χ4v) is 1.66. The van der Waals surface area contributed by atoms with Crippen LogP contribution in [0.4, 0.5) is 0 Å². The number of fused-ring (bicyclic) bond motifs is 1. The summed E-state index contributed by atoms with van der Waals surface area (Å²) in [6, 6.07) is 7.37. The van der Waals surface area contributed by atoms with E-state index in [-0.39, 0.29) is 5.43 Å². The van der Waals surface area contributed by atoms with E-state index in [0.29, 0.717) is 11.0 Å². The zero-order valence-corrected chi connectivity index (χ0v) is 8.82. The molecule has 15 heavy (non-hydrogen) atoms. The van der Waals surface area contributed by atoms with Gasteiger partial charge in [0.05, 0.1) is 11.6 Å². The molecule has 1 heterocycles. The van der Waals surface area contributed by atoms with E-state index in [9.17, 15) is 4.79 Å². The number of rotatable bonds is 3. The Bertz CT molecular complexity index is 511. The molecule has 0 atom stereocenters. The van der Waals surface area contributed by atoms with E-state index in [1.165, 1.54) is 0 Å². The van der Waals surface area contributed by atoms with Crippen molar-refractivity contribution < 1.29 is 4.42 Å². The van der Waals surface area contributed by atoms with Crippen LogP contribution in [0.25, 0.3) is 11.0 Å². The van der Waals surface area contributed by atoms with Gasteiger partial charge in [0.15, 0.2) is 5.43 Å². The molecule has 0 bridgehead atoms. The largest absolute Gasteiger partial charge is 0.464 e. The van der Waals surface area contributed by atoms with Crippen LogP contribution in [-0.2, 0) is 6.42 Å². The number of hydrogen-bond acceptors (Lipinski definition) is 2. The molecule has 2 aromatic rings. The first-order valence-electron chi connectivity index (χ1n) is 5.32. The van der Waals surface area contributed by atoms with Gasteiger partial charge in [0.1, 0.15) is 5.58 Å². The highest BCUT2D eigenvalue weighted by Gasteiger charge is 2.05. The normalized spacial score (nSPS) is 10.7. The third kappa shape index (κ3) is 1.94. The van der Waals surface area contributed by atoms with E-state index in [2.05, 4.69) is 6.92 Å². The molecule has 0 N–H and O–H groups in total. The highest BCUT2D eigenvalue weighted by molar-refractivity contribution is 5.76. The average molecular weight is 202 g/mol. The van der Waals surface area contributed by atoms with E-state index in [1.54, 1.807) is 6.26 Å². The Morgan fingerprint density at radius 1 is 1.27 bits per heavy atom. The summed E-state index contributed by atoms with van der Waals surface area (Å²) in [7, 11) is 0. The predicted octanol–water partition coefficient (Wildman–Crippen LogP) is 3.14. The Hall–Kier alpha value is -1.57. The highest BCUT2D eigenvalue weighted by atomic mass is 16.3. The quantitative estimate of drug-likeness (QED) is 0.765. The van der Waals surface area contributed by atoms with Gasteiger partial charge >= 0.3 is 0 Å². The molecule has 0 radical (unpaired) electrons. The van der Waals surface area contributed by atoms with Crippen molar-refractivity contribution in [3.63, 3.8) is 0 Å². The lowest BCUT2D eigenvalue weighted by Gasteiger charge is -2.00. The summed E-state index contributed by atoms with van der Waals surface area (Å²) in [6.45, 7) is 2.11. The Morgan fingerprint density at radius 2 is 2.07 bits per heavy atom. The van der Waals surface area contributed by atoms with E-state index >= 15 is 0 Å². The van der Waals surface area contributed by atoms with Gasteiger partial charge in [0.2, 0.25) is 0 Å². The van der Waals surface area contributed by atoms with Gasteiger partial charge in [0, 0.05) is 5.56 Å². The van der Waals surface area contributed by atoms with Crippen molar-refractivity contribution in [3.05, 3.63) is 46.3 Å². The molecule has 2 heteroatoms. The predicted molar refractivity (Wildman–Crippen MR) is 61.1 cm³/mol. The summed E-state index contributed by atoms with van der Waals surface area (Å²) in [6.07, 6.45) is 4.53. The highest BCUT2D eigenvalue weighted by Crippen LogP contribution is 2.11. The van der Waals surface area contributed by atoms with Crippen molar-refractivity contribution in [3.8, 4) is 0 Å². The topological polar surface area (TPSA) is 30.2 Å². The molecule has 0 amide bonds. The molecule has 2 rings (SSSR count). The maximum absolute atomic E-state index is 12.0. The molecule has 0 aliphatic carbocycles. The maximum Gasteiger partial charge on any atom is 0.195 e. The maximum atomic E-state index is 12.0. The van der Waals surface area contributed by atoms with E-state index in [1.807, 2.05) is 24.3 Å². The van der Waals surface area contributed by atoms with Crippen LogP contribution in [0.1, 0.15) is 25.3 Å². The molecule has 1 aromatic carbocycles. The number of benzene rings is 1. The van der Waals surface area contributed by atoms with Crippen LogP contribution in [-0.4, -0.2) is 0 Å². The van der Waals surface area contributed by atoms with Crippen molar-refractivity contribution >= 4 is 11.0 Å². The van der Waals surface area contributed by atoms with E-state index in [4.69, 9.17) is 4.42 Å². The van der Waals surface area contributed by atoms with Crippen LogP contribution in [0.5, 0.6) is 0 Å². The Labute approximate surface area is 88.5 Å². The van der Waals surface area contributed by atoms with Gasteiger partial charge in [-0.15, -0.1) is 0 Å². The minimum absolute atomic E-state index is 0.116. The molecule has 0 aliphatic rings. The standard InChI is InChI=1S/C13H14O2/c1-2-3-6-10-9-15-12-8-5-4-7-11(12)13(10)14/h4-5,7-9H,2-3,6H2,1H3. The van der Waals surface area contributed by atoms with Crippen LogP contribution in [0.2, 0.25) is 0 Å². The van der Waals surface area contributed by atoms with Crippen molar-refractivity contribution in [2.24, 2.45) is 0 Å². The molecule has 0 saturated heterocycles. The Morgan fingerprint density at radius 3 is 2.87 bits per heavy atom. The van der Waals surface area contributed by atoms with Crippen LogP contribution < -0.4 is 5.43 Å². The Kier molecular flexibility index (Phi) is 2.86.